The first-order chi connectivity index (χ1) is 8.63. The van der Waals surface area contributed by atoms with E-state index in [2.05, 4.69) is 22.4 Å². The van der Waals surface area contributed by atoms with Gasteiger partial charge < -0.3 is 14.9 Å². The maximum atomic E-state index is 9.20. The Hall–Kier alpha value is -1.88. The van der Waals surface area contributed by atoms with Gasteiger partial charge in [-0.3, -0.25) is 0 Å². The Morgan fingerprint density at radius 1 is 1.33 bits per heavy atom. The largest absolute Gasteiger partial charge is 0.508 e. The van der Waals surface area contributed by atoms with Crippen LogP contribution in [0.25, 0.3) is 0 Å². The van der Waals surface area contributed by atoms with E-state index in [1.807, 2.05) is 12.1 Å². The zero-order valence-corrected chi connectivity index (χ0v) is 10.6. The fourth-order valence-corrected chi connectivity index (χ4v) is 1.74. The number of aromatic hydroxyl groups is 1. The average molecular weight is 247 g/mol. The monoisotopic (exact) mass is 247 g/mol. The molecule has 1 aromatic heterocycles. The smallest absolute Gasteiger partial charge is 0.223 e. The van der Waals surface area contributed by atoms with Crippen molar-refractivity contribution in [2.45, 2.75) is 32.9 Å². The van der Waals surface area contributed by atoms with Gasteiger partial charge in [-0.05, 0) is 31.0 Å². The molecule has 1 heterocycles. The van der Waals surface area contributed by atoms with Crippen molar-refractivity contribution >= 4 is 0 Å². The second-order valence-corrected chi connectivity index (χ2v) is 4.38. The summed E-state index contributed by atoms with van der Waals surface area (Å²) >= 11 is 0. The number of nitrogens with one attached hydrogen (secondary N) is 1. The van der Waals surface area contributed by atoms with E-state index < -0.39 is 0 Å². The maximum absolute atomic E-state index is 9.20. The molecule has 2 N–H and O–H groups in total. The van der Waals surface area contributed by atoms with Gasteiger partial charge in [-0.1, -0.05) is 17.3 Å². The van der Waals surface area contributed by atoms with Crippen LogP contribution in [0.4, 0.5) is 0 Å². The van der Waals surface area contributed by atoms with Gasteiger partial charge in [-0.15, -0.1) is 0 Å². The highest BCUT2D eigenvalue weighted by molar-refractivity contribution is 5.26. The molecule has 0 saturated heterocycles. The van der Waals surface area contributed by atoms with Crippen molar-refractivity contribution in [1.82, 2.24) is 15.5 Å². The maximum Gasteiger partial charge on any atom is 0.223 e. The molecule has 18 heavy (non-hydrogen) atoms. The van der Waals surface area contributed by atoms with E-state index in [9.17, 15) is 5.11 Å². The highest BCUT2D eigenvalue weighted by atomic mass is 16.5. The van der Waals surface area contributed by atoms with Crippen molar-refractivity contribution in [3.05, 3.63) is 41.5 Å². The molecule has 2 aromatic rings. The second-order valence-electron chi connectivity index (χ2n) is 4.38. The summed E-state index contributed by atoms with van der Waals surface area (Å²) in [5.41, 5.74) is 1.18. The quantitative estimate of drug-likeness (QED) is 0.843. The van der Waals surface area contributed by atoms with E-state index in [-0.39, 0.29) is 0 Å². The molecule has 0 radical (unpaired) electrons. The Morgan fingerprint density at radius 2 is 2.06 bits per heavy atom. The first-order valence-corrected chi connectivity index (χ1v) is 5.94. The molecule has 0 fully saturated rings. The van der Waals surface area contributed by atoms with Crippen LogP contribution >= 0.6 is 0 Å². The third-order valence-corrected chi connectivity index (χ3v) is 2.66. The lowest BCUT2D eigenvalue weighted by molar-refractivity contribution is 0.383. The summed E-state index contributed by atoms with van der Waals surface area (Å²) < 4.78 is 4.90. The van der Waals surface area contributed by atoms with E-state index >= 15 is 0 Å². The van der Waals surface area contributed by atoms with Crippen LogP contribution < -0.4 is 5.32 Å². The lowest BCUT2D eigenvalue weighted by atomic mass is 10.1. The molecule has 0 bridgehead atoms. The Labute approximate surface area is 106 Å². The number of aromatic nitrogens is 2. The lowest BCUT2D eigenvalue weighted by Crippen LogP contribution is -2.28. The summed E-state index contributed by atoms with van der Waals surface area (Å²) in [6.07, 6.45) is 0.886. The van der Waals surface area contributed by atoms with Crippen LogP contribution in [0.5, 0.6) is 5.75 Å². The highest BCUT2D eigenvalue weighted by Gasteiger charge is 2.06. The topological polar surface area (TPSA) is 71.2 Å². The number of phenolic OH excluding ortho intramolecular Hbond substituents is 1. The standard InChI is InChI=1S/C13H17N3O2/c1-9(7-11-3-5-12(17)6-4-11)14-8-13-15-10(2)18-16-13/h3-6,9,14,17H,7-8H2,1-2H3. The van der Waals surface area contributed by atoms with Crippen molar-refractivity contribution in [3.63, 3.8) is 0 Å². The Morgan fingerprint density at radius 3 is 2.67 bits per heavy atom. The lowest BCUT2D eigenvalue weighted by Gasteiger charge is -2.12. The molecule has 5 nitrogen and oxygen atoms in total. The predicted molar refractivity (Wildman–Crippen MR) is 67.1 cm³/mol. The molecule has 1 unspecified atom stereocenters. The van der Waals surface area contributed by atoms with Gasteiger partial charge in [0.05, 0.1) is 6.54 Å². The highest BCUT2D eigenvalue weighted by Crippen LogP contribution is 2.11. The molecular formula is C13H17N3O2. The number of hydrogen-bond acceptors (Lipinski definition) is 5. The summed E-state index contributed by atoms with van der Waals surface area (Å²) in [6.45, 7) is 4.47. The van der Waals surface area contributed by atoms with Gasteiger partial charge in [0.1, 0.15) is 5.75 Å². The van der Waals surface area contributed by atoms with Crippen LogP contribution in [-0.4, -0.2) is 21.3 Å². The summed E-state index contributed by atoms with van der Waals surface area (Å²) in [6, 6.07) is 7.54. The van der Waals surface area contributed by atoms with Gasteiger partial charge in [0.2, 0.25) is 5.89 Å². The molecule has 5 heteroatoms. The molecule has 2 rings (SSSR count). The van der Waals surface area contributed by atoms with Crippen LogP contribution in [0.3, 0.4) is 0 Å². The summed E-state index contributed by atoms with van der Waals surface area (Å²) in [7, 11) is 0. The number of nitrogens with zero attached hydrogens (tertiary/aromatic N) is 2. The fraction of sp³-hybridized carbons (Fsp3) is 0.385. The van der Waals surface area contributed by atoms with Crippen LogP contribution in [0.1, 0.15) is 24.2 Å². The van der Waals surface area contributed by atoms with Crippen LogP contribution in [-0.2, 0) is 13.0 Å². The van der Waals surface area contributed by atoms with Crippen molar-refractivity contribution in [3.8, 4) is 5.75 Å². The molecule has 1 atom stereocenters. The predicted octanol–water partition coefficient (Wildman–Crippen LogP) is 1.80. The van der Waals surface area contributed by atoms with E-state index in [1.54, 1.807) is 19.1 Å². The Kier molecular flexibility index (Phi) is 3.94. The molecule has 0 amide bonds. The van der Waals surface area contributed by atoms with Gasteiger partial charge in [0.15, 0.2) is 5.82 Å². The first-order valence-electron chi connectivity index (χ1n) is 5.94. The number of benzene rings is 1. The molecular weight excluding hydrogens is 230 g/mol. The van der Waals surface area contributed by atoms with Crippen molar-refractivity contribution < 1.29 is 9.63 Å². The summed E-state index contributed by atoms with van der Waals surface area (Å²) in [5, 5.41) is 16.4. The molecule has 0 aliphatic rings. The average Bonchev–Trinajstić information content (AvgIpc) is 2.76. The van der Waals surface area contributed by atoms with Crippen LogP contribution in [0.2, 0.25) is 0 Å². The Bertz CT molecular complexity index is 493. The molecule has 0 aliphatic heterocycles. The number of hydrogen-bond donors (Lipinski definition) is 2. The van der Waals surface area contributed by atoms with Gasteiger partial charge in [-0.2, -0.15) is 4.98 Å². The zero-order chi connectivity index (χ0) is 13.0. The minimum Gasteiger partial charge on any atom is -0.508 e. The third kappa shape index (κ3) is 3.56. The van der Waals surface area contributed by atoms with Gasteiger partial charge in [0, 0.05) is 13.0 Å². The van der Waals surface area contributed by atoms with Gasteiger partial charge >= 0.3 is 0 Å². The van der Waals surface area contributed by atoms with E-state index in [4.69, 9.17) is 4.52 Å². The SMILES string of the molecule is Cc1nc(CNC(C)Cc2ccc(O)cc2)no1. The minimum absolute atomic E-state index is 0.293. The van der Waals surface area contributed by atoms with Crippen LogP contribution in [0.15, 0.2) is 28.8 Å². The molecule has 96 valence electrons. The molecule has 0 spiro atoms. The number of rotatable bonds is 5. The Balaban J connectivity index is 1.81. The van der Waals surface area contributed by atoms with E-state index in [1.165, 1.54) is 5.56 Å². The fourth-order valence-electron chi connectivity index (χ4n) is 1.74. The van der Waals surface area contributed by atoms with E-state index in [0.717, 1.165) is 6.42 Å². The van der Waals surface area contributed by atoms with E-state index in [0.29, 0.717) is 30.1 Å². The third-order valence-electron chi connectivity index (χ3n) is 2.66. The van der Waals surface area contributed by atoms with Crippen LogP contribution in [0, 0.1) is 6.92 Å². The van der Waals surface area contributed by atoms with Crippen molar-refractivity contribution in [2.24, 2.45) is 0 Å². The molecule has 0 saturated carbocycles. The zero-order valence-electron chi connectivity index (χ0n) is 10.6. The first kappa shape index (κ1) is 12.6. The second kappa shape index (κ2) is 5.64. The summed E-state index contributed by atoms with van der Waals surface area (Å²) in [4.78, 5) is 4.13. The minimum atomic E-state index is 0.293. The van der Waals surface area contributed by atoms with Crippen molar-refractivity contribution in [1.29, 1.82) is 0 Å². The van der Waals surface area contributed by atoms with Gasteiger partial charge in [-0.25, -0.2) is 0 Å². The molecule has 0 aliphatic carbocycles. The molecule has 1 aromatic carbocycles. The normalized spacial score (nSPS) is 12.6. The van der Waals surface area contributed by atoms with Crippen molar-refractivity contribution in [2.75, 3.05) is 0 Å². The number of aryl methyl sites for hydroxylation is 1. The van der Waals surface area contributed by atoms with Gasteiger partial charge in [0.25, 0.3) is 0 Å². The summed E-state index contributed by atoms with van der Waals surface area (Å²) in [5.74, 6) is 1.55. The number of phenols is 1.